The van der Waals surface area contributed by atoms with Gasteiger partial charge < -0.3 is 4.74 Å². The van der Waals surface area contributed by atoms with Gasteiger partial charge in [-0.3, -0.25) is 9.89 Å². The molecular formula is C24H34N2O. The molecule has 2 aromatic rings. The number of hydrogen-bond acceptors (Lipinski definition) is 3. The van der Waals surface area contributed by atoms with Gasteiger partial charge in [0.15, 0.2) is 0 Å². The van der Waals surface area contributed by atoms with Crippen molar-refractivity contribution in [1.29, 1.82) is 0 Å². The van der Waals surface area contributed by atoms with Crippen LogP contribution in [0.3, 0.4) is 0 Å². The van der Waals surface area contributed by atoms with Crippen LogP contribution in [-0.4, -0.2) is 30.4 Å². The number of nitrogens with zero attached hydrogens (tertiary/aromatic N) is 2. The normalized spacial score (nSPS) is 16.2. The van der Waals surface area contributed by atoms with Crippen LogP contribution >= 0.6 is 0 Å². The van der Waals surface area contributed by atoms with Gasteiger partial charge in [-0.15, -0.1) is 0 Å². The lowest BCUT2D eigenvalue weighted by molar-refractivity contribution is 0.0984. The van der Waals surface area contributed by atoms with Crippen LogP contribution in [0.5, 0.6) is 5.75 Å². The molecule has 2 heterocycles. The Kier molecular flexibility index (Phi) is 9.06. The van der Waals surface area contributed by atoms with Crippen molar-refractivity contribution in [3.63, 3.8) is 0 Å². The van der Waals surface area contributed by atoms with Crippen LogP contribution in [0, 0.1) is 5.92 Å². The van der Waals surface area contributed by atoms with Gasteiger partial charge in [0.1, 0.15) is 12.5 Å². The molecule has 2 aliphatic rings. The third-order valence-corrected chi connectivity index (χ3v) is 4.84. The van der Waals surface area contributed by atoms with Crippen molar-refractivity contribution in [3.05, 3.63) is 65.7 Å². The zero-order valence-electron chi connectivity index (χ0n) is 17.3. The molecule has 3 heteroatoms. The summed E-state index contributed by atoms with van der Waals surface area (Å²) in [5, 5.41) is 0. The molecule has 146 valence electrons. The Hall–Kier alpha value is -2.13. The minimum absolute atomic E-state index is 0.603. The summed E-state index contributed by atoms with van der Waals surface area (Å²) in [6.45, 7) is 11.7. The molecule has 0 amide bonds. The van der Waals surface area contributed by atoms with Gasteiger partial charge in [-0.1, -0.05) is 70.2 Å². The number of aliphatic imine (C=N–C) groups is 1. The molecule has 0 bridgehead atoms. The lowest BCUT2D eigenvalue weighted by Crippen LogP contribution is -2.38. The molecule has 0 aliphatic carbocycles. The molecule has 2 aliphatic heterocycles. The fourth-order valence-electron chi connectivity index (χ4n) is 3.53. The predicted molar refractivity (Wildman–Crippen MR) is 116 cm³/mol. The minimum Gasteiger partial charge on any atom is -0.478 e. The largest absolute Gasteiger partial charge is 0.478 e. The van der Waals surface area contributed by atoms with Crippen molar-refractivity contribution in [2.24, 2.45) is 10.9 Å². The van der Waals surface area contributed by atoms with Crippen molar-refractivity contribution in [1.82, 2.24) is 4.90 Å². The molecule has 0 radical (unpaired) electrons. The van der Waals surface area contributed by atoms with Gasteiger partial charge >= 0.3 is 0 Å². The van der Waals surface area contributed by atoms with E-state index in [0.29, 0.717) is 12.6 Å². The van der Waals surface area contributed by atoms with Gasteiger partial charge in [0.25, 0.3) is 0 Å². The van der Waals surface area contributed by atoms with E-state index in [1.165, 1.54) is 29.7 Å². The van der Waals surface area contributed by atoms with Crippen molar-refractivity contribution in [2.75, 3.05) is 19.8 Å². The summed E-state index contributed by atoms with van der Waals surface area (Å²) in [5.74, 6) is 1.55. The maximum atomic E-state index is 5.86. The number of rotatable bonds is 4. The highest BCUT2D eigenvalue weighted by molar-refractivity contribution is 6.05. The SMILES string of the molecule is CC.CC.c1ccc(OCN2CCC(C3=NCc4ccccc43)CC2)cc1. The molecule has 1 fully saturated rings. The summed E-state index contributed by atoms with van der Waals surface area (Å²) in [5.41, 5.74) is 4.10. The molecule has 0 aromatic heterocycles. The van der Waals surface area contributed by atoms with E-state index in [-0.39, 0.29) is 0 Å². The Bertz CT molecular complexity index is 689. The summed E-state index contributed by atoms with van der Waals surface area (Å²) >= 11 is 0. The van der Waals surface area contributed by atoms with Gasteiger partial charge in [-0.05, 0) is 30.5 Å². The van der Waals surface area contributed by atoms with E-state index >= 15 is 0 Å². The van der Waals surface area contributed by atoms with E-state index in [9.17, 15) is 0 Å². The summed E-state index contributed by atoms with van der Waals surface area (Å²) in [6.07, 6.45) is 2.34. The van der Waals surface area contributed by atoms with Crippen LogP contribution in [0.15, 0.2) is 59.6 Å². The van der Waals surface area contributed by atoms with Crippen LogP contribution < -0.4 is 4.74 Å². The summed E-state index contributed by atoms with van der Waals surface area (Å²) < 4.78 is 5.86. The van der Waals surface area contributed by atoms with Gasteiger partial charge in [0, 0.05) is 30.3 Å². The number of fused-ring (bicyclic) bond motifs is 1. The number of hydrogen-bond donors (Lipinski definition) is 0. The minimum atomic E-state index is 0.603. The first-order valence-electron chi connectivity index (χ1n) is 10.4. The highest BCUT2D eigenvalue weighted by Gasteiger charge is 2.27. The van der Waals surface area contributed by atoms with Gasteiger partial charge in [-0.25, -0.2) is 0 Å². The standard InChI is InChI=1S/C20H22N2O.2C2H6/c1-2-7-18(8-3-1)23-15-22-12-10-16(11-13-22)20-19-9-5-4-6-17(19)14-21-20;2*1-2/h1-9,16H,10-15H2;2*1-2H3. The lowest BCUT2D eigenvalue weighted by Gasteiger charge is -2.31. The second-order valence-corrected chi connectivity index (χ2v) is 6.34. The second kappa shape index (κ2) is 11.6. The third-order valence-electron chi connectivity index (χ3n) is 4.84. The highest BCUT2D eigenvalue weighted by atomic mass is 16.5. The number of piperidine rings is 1. The fourth-order valence-corrected chi connectivity index (χ4v) is 3.53. The average Bonchev–Trinajstić information content (AvgIpc) is 3.20. The van der Waals surface area contributed by atoms with Crippen LogP contribution in [-0.2, 0) is 6.54 Å². The molecule has 0 unspecified atom stereocenters. The smallest absolute Gasteiger partial charge is 0.142 e. The monoisotopic (exact) mass is 366 g/mol. The zero-order chi connectivity index (χ0) is 19.5. The van der Waals surface area contributed by atoms with Gasteiger partial charge in [-0.2, -0.15) is 0 Å². The first-order valence-corrected chi connectivity index (χ1v) is 10.4. The Labute approximate surface area is 165 Å². The van der Waals surface area contributed by atoms with E-state index in [1.54, 1.807) is 0 Å². The van der Waals surface area contributed by atoms with Gasteiger partial charge in [0.05, 0.1) is 6.54 Å². The molecule has 0 N–H and O–H groups in total. The van der Waals surface area contributed by atoms with Crippen LogP contribution in [0.1, 0.15) is 51.7 Å². The van der Waals surface area contributed by atoms with E-state index in [2.05, 4.69) is 29.2 Å². The van der Waals surface area contributed by atoms with Crippen molar-refractivity contribution in [3.8, 4) is 5.75 Å². The lowest BCUT2D eigenvalue weighted by atomic mass is 9.88. The highest BCUT2D eigenvalue weighted by Crippen LogP contribution is 2.28. The predicted octanol–water partition coefficient (Wildman–Crippen LogP) is 5.79. The van der Waals surface area contributed by atoms with Gasteiger partial charge in [0.2, 0.25) is 0 Å². The first kappa shape index (κ1) is 21.2. The Morgan fingerprint density at radius 3 is 2.22 bits per heavy atom. The van der Waals surface area contributed by atoms with Crippen LogP contribution in [0.25, 0.3) is 0 Å². The molecule has 0 spiro atoms. The number of benzene rings is 2. The van der Waals surface area contributed by atoms with E-state index < -0.39 is 0 Å². The average molecular weight is 367 g/mol. The number of likely N-dealkylation sites (tertiary alicyclic amines) is 1. The third kappa shape index (κ3) is 5.67. The molecule has 2 aromatic carbocycles. The summed E-state index contributed by atoms with van der Waals surface area (Å²) in [7, 11) is 0. The van der Waals surface area contributed by atoms with Crippen LogP contribution in [0.2, 0.25) is 0 Å². The Morgan fingerprint density at radius 2 is 1.52 bits per heavy atom. The second-order valence-electron chi connectivity index (χ2n) is 6.34. The van der Waals surface area contributed by atoms with E-state index in [1.807, 2.05) is 58.0 Å². The summed E-state index contributed by atoms with van der Waals surface area (Å²) in [6, 6.07) is 18.7. The topological polar surface area (TPSA) is 24.8 Å². The Morgan fingerprint density at radius 1 is 0.889 bits per heavy atom. The van der Waals surface area contributed by atoms with Crippen molar-refractivity contribution in [2.45, 2.75) is 47.1 Å². The molecule has 4 rings (SSSR count). The number of ether oxygens (including phenoxy) is 1. The molecule has 0 saturated carbocycles. The molecule has 27 heavy (non-hydrogen) atoms. The summed E-state index contributed by atoms with van der Waals surface area (Å²) in [4.78, 5) is 7.21. The molecule has 1 saturated heterocycles. The number of para-hydroxylation sites is 1. The quantitative estimate of drug-likeness (QED) is 0.684. The van der Waals surface area contributed by atoms with Crippen molar-refractivity contribution < 1.29 is 4.74 Å². The molecular weight excluding hydrogens is 332 g/mol. The van der Waals surface area contributed by atoms with Crippen LogP contribution in [0.4, 0.5) is 0 Å². The first-order chi connectivity index (χ1) is 13.4. The van der Waals surface area contributed by atoms with Crippen molar-refractivity contribution >= 4 is 5.71 Å². The maximum Gasteiger partial charge on any atom is 0.142 e. The maximum absolute atomic E-state index is 5.86. The zero-order valence-corrected chi connectivity index (χ0v) is 17.3. The van der Waals surface area contributed by atoms with E-state index in [4.69, 9.17) is 9.73 Å². The molecule has 3 nitrogen and oxygen atoms in total. The van der Waals surface area contributed by atoms with E-state index in [0.717, 1.165) is 25.4 Å². The Balaban J connectivity index is 0.000000614. The molecule has 0 atom stereocenters. The fraction of sp³-hybridized carbons (Fsp3) is 0.458.